The van der Waals surface area contributed by atoms with Crippen molar-refractivity contribution in [3.05, 3.63) is 76.6 Å². The zero-order valence-corrected chi connectivity index (χ0v) is 19.6. The van der Waals surface area contributed by atoms with Crippen LogP contribution in [0.15, 0.2) is 60.9 Å². The molecule has 0 atom stereocenters. The number of aromatic nitrogens is 3. The van der Waals surface area contributed by atoms with E-state index < -0.39 is 4.92 Å². The molecule has 2 aromatic heterocycles. The van der Waals surface area contributed by atoms with E-state index in [-0.39, 0.29) is 11.6 Å². The summed E-state index contributed by atoms with van der Waals surface area (Å²) in [5, 5.41) is 17.7. The van der Waals surface area contributed by atoms with Crippen molar-refractivity contribution in [2.24, 2.45) is 5.92 Å². The molecular weight excluding hydrogens is 444 g/mol. The second-order valence-corrected chi connectivity index (χ2v) is 9.22. The maximum absolute atomic E-state index is 12.4. The molecule has 2 N–H and O–H groups in total. The number of carbonyl (C=O) groups excluding carboxylic acids is 1. The summed E-state index contributed by atoms with van der Waals surface area (Å²) in [6.07, 6.45) is 5.69. The van der Waals surface area contributed by atoms with Crippen LogP contribution in [0.2, 0.25) is 0 Å². The van der Waals surface area contributed by atoms with E-state index >= 15 is 0 Å². The highest BCUT2D eigenvalue weighted by molar-refractivity contribution is 5.95. The molecule has 1 aliphatic rings. The van der Waals surface area contributed by atoms with Gasteiger partial charge in [-0.3, -0.25) is 19.3 Å². The fourth-order valence-electron chi connectivity index (χ4n) is 3.83. The Morgan fingerprint density at radius 2 is 1.94 bits per heavy atom. The smallest absolute Gasteiger partial charge is 0.270 e. The van der Waals surface area contributed by atoms with E-state index in [1.165, 1.54) is 12.1 Å². The Kier molecular flexibility index (Phi) is 5.90. The van der Waals surface area contributed by atoms with E-state index in [0.29, 0.717) is 46.8 Å². The van der Waals surface area contributed by atoms with Crippen LogP contribution in [0.3, 0.4) is 0 Å². The molecule has 9 heteroatoms. The quantitative estimate of drug-likeness (QED) is 0.279. The zero-order chi connectivity index (χ0) is 24.5. The van der Waals surface area contributed by atoms with Gasteiger partial charge in [-0.25, -0.2) is 9.97 Å². The van der Waals surface area contributed by atoms with Crippen molar-refractivity contribution in [3.8, 4) is 22.5 Å². The highest BCUT2D eigenvalue weighted by atomic mass is 16.6. The second-order valence-electron chi connectivity index (χ2n) is 9.22. The van der Waals surface area contributed by atoms with Gasteiger partial charge in [-0.15, -0.1) is 0 Å². The molecule has 0 radical (unpaired) electrons. The Hall–Kier alpha value is -4.27. The molecule has 0 bridgehead atoms. The van der Waals surface area contributed by atoms with Crippen molar-refractivity contribution in [2.45, 2.75) is 32.7 Å². The van der Waals surface area contributed by atoms with Gasteiger partial charge in [0.2, 0.25) is 0 Å². The fourth-order valence-corrected chi connectivity index (χ4v) is 3.83. The lowest BCUT2D eigenvalue weighted by Gasteiger charge is -2.13. The third-order valence-corrected chi connectivity index (χ3v) is 5.88. The maximum atomic E-state index is 12.4. The van der Waals surface area contributed by atoms with Crippen LogP contribution in [0, 0.1) is 16.0 Å². The molecule has 35 heavy (non-hydrogen) atoms. The molecule has 178 valence electrons. The number of nitrogens with one attached hydrogen (secondary N) is 2. The number of hydrogen-bond donors (Lipinski definition) is 2. The number of rotatable bonds is 8. The highest BCUT2D eigenvalue weighted by Crippen LogP contribution is 2.29. The topological polar surface area (TPSA) is 114 Å². The molecular formula is C26H26N6O3. The molecule has 2 heterocycles. The summed E-state index contributed by atoms with van der Waals surface area (Å²) in [6.45, 7) is 4.91. The van der Waals surface area contributed by atoms with Gasteiger partial charge in [0.05, 0.1) is 22.5 Å². The van der Waals surface area contributed by atoms with Crippen LogP contribution >= 0.6 is 0 Å². The minimum Gasteiger partial charge on any atom is -0.367 e. The molecule has 1 saturated carbocycles. The summed E-state index contributed by atoms with van der Waals surface area (Å²) in [4.78, 5) is 32.6. The van der Waals surface area contributed by atoms with Crippen LogP contribution in [-0.2, 0) is 0 Å². The Morgan fingerprint density at radius 1 is 1.17 bits per heavy atom. The molecule has 1 amide bonds. The monoisotopic (exact) mass is 470 g/mol. The first-order chi connectivity index (χ1) is 16.9. The molecule has 9 nitrogen and oxygen atoms in total. The molecule has 1 aliphatic carbocycles. The van der Waals surface area contributed by atoms with E-state index in [1.54, 1.807) is 18.3 Å². The second kappa shape index (κ2) is 9.17. The summed E-state index contributed by atoms with van der Waals surface area (Å²) < 4.78 is 1.93. The molecule has 4 aromatic rings. The van der Waals surface area contributed by atoms with Crippen LogP contribution in [0.1, 0.15) is 37.0 Å². The summed E-state index contributed by atoms with van der Waals surface area (Å²) in [7, 11) is 0. The van der Waals surface area contributed by atoms with Gasteiger partial charge in [-0.1, -0.05) is 38.1 Å². The minimum atomic E-state index is -0.413. The van der Waals surface area contributed by atoms with Crippen molar-refractivity contribution < 1.29 is 9.72 Å². The molecule has 5 rings (SSSR count). The SMILES string of the molecule is CC(C)CNc1nc(-c2cccc([N+](=O)[O-])c2)cn2c(-c3ccc(C(=O)NC4CC4)cc3)cnc12. The lowest BCUT2D eigenvalue weighted by atomic mass is 10.1. The number of nitro groups is 1. The van der Waals surface area contributed by atoms with Gasteiger partial charge < -0.3 is 10.6 Å². The maximum Gasteiger partial charge on any atom is 0.270 e. The summed E-state index contributed by atoms with van der Waals surface area (Å²) in [5.74, 6) is 0.936. The first-order valence-corrected chi connectivity index (χ1v) is 11.7. The average molecular weight is 471 g/mol. The lowest BCUT2D eigenvalue weighted by Crippen LogP contribution is -2.25. The van der Waals surface area contributed by atoms with Gasteiger partial charge in [-0.05, 0) is 30.9 Å². The number of anilines is 1. The van der Waals surface area contributed by atoms with E-state index in [4.69, 9.17) is 4.98 Å². The number of carbonyl (C=O) groups is 1. The van der Waals surface area contributed by atoms with E-state index in [2.05, 4.69) is 29.5 Å². The van der Waals surface area contributed by atoms with Gasteiger partial charge >= 0.3 is 0 Å². The van der Waals surface area contributed by atoms with Crippen molar-refractivity contribution in [1.82, 2.24) is 19.7 Å². The standard InChI is InChI=1S/C26H26N6O3/c1-16(2)13-27-24-25-28-14-23(17-6-8-18(9-7-17)26(33)29-20-10-11-20)31(25)15-22(30-24)19-4-3-5-21(12-19)32(34)35/h3-9,12,14-16,20H,10-11,13H2,1-2H3,(H,27,30)(H,29,33). The third-order valence-electron chi connectivity index (χ3n) is 5.88. The number of benzene rings is 2. The first-order valence-electron chi connectivity index (χ1n) is 11.7. The van der Waals surface area contributed by atoms with Crippen molar-refractivity contribution >= 4 is 23.1 Å². The Morgan fingerprint density at radius 3 is 2.63 bits per heavy atom. The van der Waals surface area contributed by atoms with Gasteiger partial charge in [0, 0.05) is 47.6 Å². The Bertz CT molecular complexity index is 1410. The van der Waals surface area contributed by atoms with Crippen LogP contribution in [0.5, 0.6) is 0 Å². The van der Waals surface area contributed by atoms with E-state index in [1.807, 2.05) is 34.9 Å². The first kappa shape index (κ1) is 22.5. The number of imidazole rings is 1. The van der Waals surface area contributed by atoms with Crippen molar-refractivity contribution in [2.75, 3.05) is 11.9 Å². The van der Waals surface area contributed by atoms with Crippen LogP contribution < -0.4 is 10.6 Å². The fraction of sp³-hybridized carbons (Fsp3) is 0.269. The largest absolute Gasteiger partial charge is 0.367 e. The van der Waals surface area contributed by atoms with Crippen molar-refractivity contribution in [3.63, 3.8) is 0 Å². The van der Waals surface area contributed by atoms with Crippen LogP contribution in [0.25, 0.3) is 28.2 Å². The molecule has 0 saturated heterocycles. The zero-order valence-electron chi connectivity index (χ0n) is 19.6. The van der Waals surface area contributed by atoms with Gasteiger partial charge in [0.25, 0.3) is 11.6 Å². The average Bonchev–Trinajstić information content (AvgIpc) is 3.57. The predicted molar refractivity (Wildman–Crippen MR) is 134 cm³/mol. The molecule has 0 unspecified atom stereocenters. The summed E-state index contributed by atoms with van der Waals surface area (Å²) in [6, 6.07) is 14.2. The third kappa shape index (κ3) is 4.84. The summed E-state index contributed by atoms with van der Waals surface area (Å²) in [5.41, 5.74) is 4.24. The molecule has 0 spiro atoms. The molecule has 0 aliphatic heterocycles. The highest BCUT2D eigenvalue weighted by Gasteiger charge is 2.24. The Balaban J connectivity index is 1.56. The number of hydrogen-bond acceptors (Lipinski definition) is 6. The van der Waals surface area contributed by atoms with E-state index in [0.717, 1.165) is 24.1 Å². The van der Waals surface area contributed by atoms with E-state index in [9.17, 15) is 14.9 Å². The van der Waals surface area contributed by atoms with Crippen LogP contribution in [0.4, 0.5) is 11.5 Å². The number of non-ortho nitro benzene ring substituents is 1. The lowest BCUT2D eigenvalue weighted by molar-refractivity contribution is -0.384. The van der Waals surface area contributed by atoms with Gasteiger partial charge in [0.1, 0.15) is 0 Å². The Labute approximate surface area is 202 Å². The number of amides is 1. The van der Waals surface area contributed by atoms with Crippen LogP contribution in [-0.4, -0.2) is 37.8 Å². The molecule has 2 aromatic carbocycles. The van der Waals surface area contributed by atoms with Gasteiger partial charge in [-0.2, -0.15) is 0 Å². The normalized spacial score (nSPS) is 13.2. The van der Waals surface area contributed by atoms with Gasteiger partial charge in [0.15, 0.2) is 11.5 Å². The number of nitro benzene ring substituents is 1. The number of fused-ring (bicyclic) bond motifs is 1. The minimum absolute atomic E-state index is 0.00649. The summed E-state index contributed by atoms with van der Waals surface area (Å²) >= 11 is 0. The molecule has 1 fully saturated rings. The number of nitrogens with zero attached hydrogens (tertiary/aromatic N) is 4. The predicted octanol–water partition coefficient (Wildman–Crippen LogP) is 4.93. The van der Waals surface area contributed by atoms with Crippen molar-refractivity contribution in [1.29, 1.82) is 0 Å².